The van der Waals surface area contributed by atoms with E-state index in [1.54, 1.807) is 31.3 Å². The summed E-state index contributed by atoms with van der Waals surface area (Å²) in [5, 5.41) is 0. The summed E-state index contributed by atoms with van der Waals surface area (Å²) in [7, 11) is 1.52. The molecule has 0 aliphatic heterocycles. The summed E-state index contributed by atoms with van der Waals surface area (Å²) in [6, 6.07) is 6.44. The minimum Gasteiger partial charge on any atom is -0.481 e. The summed E-state index contributed by atoms with van der Waals surface area (Å²) in [6.45, 7) is 1.77. The SMILES string of the molecule is COc1cc(-c2cc(N)c(C)cc2F)ccn1. The summed E-state index contributed by atoms with van der Waals surface area (Å²) < 4.78 is 18.8. The number of aromatic nitrogens is 1. The van der Waals surface area contributed by atoms with Gasteiger partial charge in [0.25, 0.3) is 0 Å². The van der Waals surface area contributed by atoms with Crippen molar-refractivity contribution in [2.45, 2.75) is 6.92 Å². The lowest BCUT2D eigenvalue weighted by molar-refractivity contribution is 0.398. The van der Waals surface area contributed by atoms with Crippen molar-refractivity contribution in [3.8, 4) is 17.0 Å². The molecule has 0 fully saturated rings. The Morgan fingerprint density at radius 2 is 2.06 bits per heavy atom. The van der Waals surface area contributed by atoms with Crippen LogP contribution in [-0.4, -0.2) is 12.1 Å². The van der Waals surface area contributed by atoms with E-state index in [1.807, 2.05) is 0 Å². The molecule has 3 nitrogen and oxygen atoms in total. The predicted molar refractivity (Wildman–Crippen MR) is 65.3 cm³/mol. The highest BCUT2D eigenvalue weighted by molar-refractivity contribution is 5.70. The number of benzene rings is 1. The van der Waals surface area contributed by atoms with Crippen LogP contribution in [0.4, 0.5) is 10.1 Å². The molecule has 17 heavy (non-hydrogen) atoms. The summed E-state index contributed by atoms with van der Waals surface area (Å²) in [6.07, 6.45) is 1.57. The third-order valence-electron chi connectivity index (χ3n) is 2.61. The Kier molecular flexibility index (Phi) is 2.95. The minimum absolute atomic E-state index is 0.301. The van der Waals surface area contributed by atoms with E-state index in [0.29, 0.717) is 22.7 Å². The lowest BCUT2D eigenvalue weighted by Gasteiger charge is -2.08. The van der Waals surface area contributed by atoms with Crippen LogP contribution in [0, 0.1) is 12.7 Å². The van der Waals surface area contributed by atoms with Crippen LogP contribution in [0.25, 0.3) is 11.1 Å². The summed E-state index contributed by atoms with van der Waals surface area (Å²) >= 11 is 0. The molecule has 0 amide bonds. The molecule has 4 heteroatoms. The Hall–Kier alpha value is -2.10. The number of halogens is 1. The number of anilines is 1. The molecule has 0 aliphatic carbocycles. The van der Waals surface area contributed by atoms with Gasteiger partial charge in [-0.05, 0) is 36.2 Å². The first kappa shape index (κ1) is 11.4. The molecule has 1 aromatic carbocycles. The van der Waals surface area contributed by atoms with Crippen LogP contribution in [-0.2, 0) is 0 Å². The average molecular weight is 232 g/mol. The van der Waals surface area contributed by atoms with Crippen molar-refractivity contribution in [1.29, 1.82) is 0 Å². The normalized spacial score (nSPS) is 10.3. The van der Waals surface area contributed by atoms with Crippen molar-refractivity contribution in [2.24, 2.45) is 0 Å². The molecule has 2 rings (SSSR count). The Labute approximate surface area is 99.1 Å². The monoisotopic (exact) mass is 232 g/mol. The Balaban J connectivity index is 2.56. The molecular formula is C13H13FN2O. The third-order valence-corrected chi connectivity index (χ3v) is 2.61. The number of nitrogens with zero attached hydrogens (tertiary/aromatic N) is 1. The van der Waals surface area contributed by atoms with Crippen molar-refractivity contribution >= 4 is 5.69 Å². The van der Waals surface area contributed by atoms with Crippen molar-refractivity contribution in [2.75, 3.05) is 12.8 Å². The van der Waals surface area contributed by atoms with Gasteiger partial charge in [0, 0.05) is 23.5 Å². The third kappa shape index (κ3) is 2.20. The molecule has 0 unspecified atom stereocenters. The predicted octanol–water partition coefficient (Wildman–Crippen LogP) is 2.79. The molecule has 0 radical (unpaired) electrons. The van der Waals surface area contributed by atoms with Crippen LogP contribution in [0.3, 0.4) is 0 Å². The first-order valence-corrected chi connectivity index (χ1v) is 5.18. The molecule has 0 saturated carbocycles. The maximum Gasteiger partial charge on any atom is 0.213 e. The van der Waals surface area contributed by atoms with Crippen molar-refractivity contribution < 1.29 is 9.13 Å². The van der Waals surface area contributed by atoms with Gasteiger partial charge in [-0.25, -0.2) is 9.37 Å². The van der Waals surface area contributed by atoms with Crippen LogP contribution in [0.2, 0.25) is 0 Å². The summed E-state index contributed by atoms with van der Waals surface area (Å²) in [5.41, 5.74) is 8.23. The number of methoxy groups -OCH3 is 1. The van der Waals surface area contributed by atoms with E-state index in [-0.39, 0.29) is 5.82 Å². The molecule has 0 atom stereocenters. The second-order valence-corrected chi connectivity index (χ2v) is 3.78. The molecule has 0 saturated heterocycles. The van der Waals surface area contributed by atoms with Gasteiger partial charge in [-0.3, -0.25) is 0 Å². The largest absolute Gasteiger partial charge is 0.481 e. The lowest BCUT2D eigenvalue weighted by atomic mass is 10.0. The van der Waals surface area contributed by atoms with Crippen molar-refractivity contribution in [1.82, 2.24) is 4.98 Å². The number of hydrogen-bond donors (Lipinski definition) is 1. The van der Waals surface area contributed by atoms with Gasteiger partial charge in [-0.15, -0.1) is 0 Å². The zero-order valence-corrected chi connectivity index (χ0v) is 9.70. The minimum atomic E-state index is -0.301. The second-order valence-electron chi connectivity index (χ2n) is 3.78. The van der Waals surface area contributed by atoms with Crippen molar-refractivity contribution in [3.05, 3.63) is 41.8 Å². The highest BCUT2D eigenvalue weighted by Crippen LogP contribution is 2.28. The number of aryl methyl sites for hydroxylation is 1. The molecule has 2 N–H and O–H groups in total. The van der Waals surface area contributed by atoms with E-state index >= 15 is 0 Å². The molecule has 2 aromatic rings. The topological polar surface area (TPSA) is 48.1 Å². The van der Waals surface area contributed by atoms with Gasteiger partial charge in [0.2, 0.25) is 5.88 Å². The molecule has 88 valence electrons. The maximum absolute atomic E-state index is 13.8. The Morgan fingerprint density at radius 1 is 1.29 bits per heavy atom. The molecule has 1 heterocycles. The van der Waals surface area contributed by atoms with E-state index in [9.17, 15) is 4.39 Å². The van der Waals surface area contributed by atoms with E-state index in [4.69, 9.17) is 10.5 Å². The van der Waals surface area contributed by atoms with Crippen LogP contribution in [0.5, 0.6) is 5.88 Å². The van der Waals surface area contributed by atoms with Crippen LogP contribution in [0.15, 0.2) is 30.5 Å². The van der Waals surface area contributed by atoms with E-state index in [1.165, 1.54) is 13.2 Å². The van der Waals surface area contributed by atoms with E-state index in [0.717, 1.165) is 5.56 Å². The number of pyridine rings is 1. The highest BCUT2D eigenvalue weighted by Gasteiger charge is 2.09. The fraction of sp³-hybridized carbons (Fsp3) is 0.154. The molecular weight excluding hydrogens is 219 g/mol. The summed E-state index contributed by atoms with van der Waals surface area (Å²) in [5.74, 6) is 0.144. The van der Waals surface area contributed by atoms with E-state index < -0.39 is 0 Å². The molecule has 0 spiro atoms. The molecule has 0 bridgehead atoms. The fourth-order valence-corrected chi connectivity index (χ4v) is 1.60. The number of nitrogen functional groups attached to an aromatic ring is 1. The van der Waals surface area contributed by atoms with Crippen molar-refractivity contribution in [3.63, 3.8) is 0 Å². The standard InChI is InChI=1S/C13H13FN2O/c1-8-5-11(14)10(7-12(8)15)9-3-4-16-13(6-9)17-2/h3-7H,15H2,1-2H3. The number of nitrogens with two attached hydrogens (primary N) is 1. The van der Waals surface area contributed by atoms with Gasteiger partial charge in [-0.2, -0.15) is 0 Å². The van der Waals surface area contributed by atoms with Crippen LogP contribution in [0.1, 0.15) is 5.56 Å². The molecule has 1 aromatic heterocycles. The van der Waals surface area contributed by atoms with Gasteiger partial charge in [0.1, 0.15) is 5.82 Å². The lowest BCUT2D eigenvalue weighted by Crippen LogP contribution is -1.94. The van der Waals surface area contributed by atoms with Crippen LogP contribution >= 0.6 is 0 Å². The summed E-state index contributed by atoms with van der Waals surface area (Å²) in [4.78, 5) is 3.98. The second kappa shape index (κ2) is 4.41. The van der Waals surface area contributed by atoms with Gasteiger partial charge < -0.3 is 10.5 Å². The van der Waals surface area contributed by atoms with Gasteiger partial charge in [-0.1, -0.05) is 0 Å². The van der Waals surface area contributed by atoms with Gasteiger partial charge >= 0.3 is 0 Å². The first-order valence-electron chi connectivity index (χ1n) is 5.18. The number of rotatable bonds is 2. The Bertz CT molecular complexity index is 555. The average Bonchev–Trinajstić information content (AvgIpc) is 2.34. The zero-order valence-electron chi connectivity index (χ0n) is 9.70. The number of ether oxygens (including phenoxy) is 1. The molecule has 0 aliphatic rings. The van der Waals surface area contributed by atoms with Gasteiger partial charge in [0.15, 0.2) is 0 Å². The smallest absolute Gasteiger partial charge is 0.213 e. The number of hydrogen-bond acceptors (Lipinski definition) is 3. The zero-order chi connectivity index (χ0) is 12.4. The maximum atomic E-state index is 13.8. The Morgan fingerprint density at radius 3 is 2.76 bits per heavy atom. The fourth-order valence-electron chi connectivity index (χ4n) is 1.60. The first-order chi connectivity index (χ1) is 8.11. The quantitative estimate of drug-likeness (QED) is 0.810. The van der Waals surface area contributed by atoms with E-state index in [2.05, 4.69) is 4.98 Å². The van der Waals surface area contributed by atoms with Crippen LogP contribution < -0.4 is 10.5 Å². The highest BCUT2D eigenvalue weighted by atomic mass is 19.1. The van der Waals surface area contributed by atoms with Gasteiger partial charge in [0.05, 0.1) is 7.11 Å².